The molecule has 0 saturated heterocycles. The first-order valence-electron chi connectivity index (χ1n) is 5.95. The van der Waals surface area contributed by atoms with Gasteiger partial charge in [-0.15, -0.1) is 0 Å². The SMILES string of the molecule is CC(C)(C)OC(=O)NCc1ccc(OB(O)O)cc1F. The second-order valence-corrected chi connectivity index (χ2v) is 5.05. The van der Waals surface area contributed by atoms with Gasteiger partial charge in [-0.3, -0.25) is 0 Å². The number of carbonyl (C=O) groups excluding carboxylic acids is 1. The molecule has 6 nitrogen and oxygen atoms in total. The topological polar surface area (TPSA) is 88.0 Å². The first-order chi connectivity index (χ1) is 9.17. The zero-order valence-electron chi connectivity index (χ0n) is 11.5. The lowest BCUT2D eigenvalue weighted by molar-refractivity contribution is 0.0523. The molecule has 0 aliphatic heterocycles. The first kappa shape index (κ1) is 16.3. The van der Waals surface area contributed by atoms with E-state index in [2.05, 4.69) is 9.97 Å². The maximum absolute atomic E-state index is 13.7. The van der Waals surface area contributed by atoms with E-state index in [1.807, 2.05) is 0 Å². The lowest BCUT2D eigenvalue weighted by Crippen LogP contribution is -2.32. The van der Waals surface area contributed by atoms with Crippen LogP contribution in [-0.2, 0) is 11.3 Å². The summed E-state index contributed by atoms with van der Waals surface area (Å²) in [6.07, 6.45) is -0.650. The number of ether oxygens (including phenoxy) is 1. The van der Waals surface area contributed by atoms with Crippen LogP contribution in [0.4, 0.5) is 9.18 Å². The molecule has 0 bridgehead atoms. The maximum atomic E-state index is 13.7. The third-order valence-corrected chi connectivity index (χ3v) is 2.09. The quantitative estimate of drug-likeness (QED) is 0.723. The Balaban J connectivity index is 2.59. The van der Waals surface area contributed by atoms with E-state index in [0.717, 1.165) is 6.07 Å². The first-order valence-corrected chi connectivity index (χ1v) is 5.95. The van der Waals surface area contributed by atoms with Crippen LogP contribution in [0.5, 0.6) is 5.75 Å². The Morgan fingerprint density at radius 2 is 2.05 bits per heavy atom. The molecule has 110 valence electrons. The second kappa shape index (κ2) is 6.58. The van der Waals surface area contributed by atoms with Crippen LogP contribution in [0.3, 0.4) is 0 Å². The zero-order valence-corrected chi connectivity index (χ0v) is 11.5. The van der Waals surface area contributed by atoms with Crippen molar-refractivity contribution >= 4 is 13.4 Å². The minimum Gasteiger partial charge on any atom is -0.512 e. The van der Waals surface area contributed by atoms with Gasteiger partial charge in [-0.2, -0.15) is 0 Å². The van der Waals surface area contributed by atoms with Crippen molar-refractivity contribution in [3.8, 4) is 5.75 Å². The van der Waals surface area contributed by atoms with Gasteiger partial charge in [-0.25, -0.2) is 9.18 Å². The largest absolute Gasteiger partial charge is 0.707 e. The van der Waals surface area contributed by atoms with E-state index in [1.54, 1.807) is 20.8 Å². The minimum absolute atomic E-state index is 0.0291. The number of halogens is 1. The van der Waals surface area contributed by atoms with Gasteiger partial charge >= 0.3 is 13.4 Å². The molecule has 0 heterocycles. The molecule has 0 spiro atoms. The van der Waals surface area contributed by atoms with Crippen LogP contribution in [0.15, 0.2) is 18.2 Å². The van der Waals surface area contributed by atoms with E-state index in [1.165, 1.54) is 12.1 Å². The molecule has 3 N–H and O–H groups in total. The fourth-order valence-electron chi connectivity index (χ4n) is 1.35. The van der Waals surface area contributed by atoms with Crippen LogP contribution >= 0.6 is 0 Å². The predicted molar refractivity (Wildman–Crippen MR) is 70.3 cm³/mol. The molecule has 0 unspecified atom stereocenters. The Morgan fingerprint density at radius 3 is 2.55 bits per heavy atom. The minimum atomic E-state index is -2.01. The number of hydrogen-bond acceptors (Lipinski definition) is 5. The molecule has 0 atom stereocenters. The lowest BCUT2D eigenvalue weighted by Gasteiger charge is -2.19. The molecule has 0 aromatic heterocycles. The van der Waals surface area contributed by atoms with Gasteiger partial charge in [0.2, 0.25) is 0 Å². The van der Waals surface area contributed by atoms with Gasteiger partial charge < -0.3 is 24.8 Å². The van der Waals surface area contributed by atoms with Gasteiger partial charge in [0.1, 0.15) is 17.2 Å². The molecule has 0 aliphatic rings. The summed E-state index contributed by atoms with van der Waals surface area (Å²) in [5.74, 6) is -0.669. The third kappa shape index (κ3) is 5.90. The lowest BCUT2D eigenvalue weighted by atomic mass is 10.2. The maximum Gasteiger partial charge on any atom is 0.707 e. The zero-order chi connectivity index (χ0) is 15.3. The van der Waals surface area contributed by atoms with Crippen LogP contribution in [0, 0.1) is 5.82 Å². The molecule has 1 aromatic carbocycles. The molecule has 0 fully saturated rings. The van der Waals surface area contributed by atoms with Crippen molar-refractivity contribution in [2.75, 3.05) is 0 Å². The molecule has 20 heavy (non-hydrogen) atoms. The van der Waals surface area contributed by atoms with Crippen molar-refractivity contribution < 1.29 is 28.6 Å². The van der Waals surface area contributed by atoms with Crippen molar-refractivity contribution in [3.05, 3.63) is 29.6 Å². The Morgan fingerprint density at radius 1 is 1.40 bits per heavy atom. The van der Waals surface area contributed by atoms with Gasteiger partial charge in [0.25, 0.3) is 0 Å². The monoisotopic (exact) mass is 285 g/mol. The van der Waals surface area contributed by atoms with Crippen LogP contribution < -0.4 is 9.97 Å². The summed E-state index contributed by atoms with van der Waals surface area (Å²) in [7, 11) is -2.01. The fraction of sp³-hybridized carbons (Fsp3) is 0.417. The molecule has 1 amide bonds. The van der Waals surface area contributed by atoms with E-state index >= 15 is 0 Å². The van der Waals surface area contributed by atoms with Gasteiger partial charge in [0.05, 0.1) is 0 Å². The molecule has 0 radical (unpaired) electrons. The van der Waals surface area contributed by atoms with E-state index in [-0.39, 0.29) is 17.9 Å². The predicted octanol–water partition coefficient (Wildman–Crippen LogP) is 1.20. The summed E-state index contributed by atoms with van der Waals surface area (Å²) in [5, 5.41) is 19.6. The van der Waals surface area contributed by atoms with Gasteiger partial charge in [0.15, 0.2) is 0 Å². The summed E-state index contributed by atoms with van der Waals surface area (Å²) < 4.78 is 23.2. The molecule has 0 aliphatic carbocycles. The summed E-state index contributed by atoms with van der Waals surface area (Å²) in [6.45, 7) is 5.11. The highest BCUT2D eigenvalue weighted by molar-refractivity contribution is 6.33. The number of carbonyl (C=O) groups is 1. The number of rotatable bonds is 4. The number of alkyl carbamates (subject to hydrolysis) is 1. The number of amides is 1. The smallest absolute Gasteiger partial charge is 0.512 e. The van der Waals surface area contributed by atoms with Crippen molar-refractivity contribution in [1.82, 2.24) is 5.32 Å². The number of benzene rings is 1. The van der Waals surface area contributed by atoms with Crippen LogP contribution in [0.2, 0.25) is 0 Å². The highest BCUT2D eigenvalue weighted by Crippen LogP contribution is 2.17. The van der Waals surface area contributed by atoms with E-state index in [0.29, 0.717) is 0 Å². The van der Waals surface area contributed by atoms with Crippen LogP contribution in [0.25, 0.3) is 0 Å². The average molecular weight is 285 g/mol. The molecule has 0 saturated carbocycles. The number of hydrogen-bond donors (Lipinski definition) is 3. The van der Waals surface area contributed by atoms with Crippen molar-refractivity contribution in [2.45, 2.75) is 32.9 Å². The Bertz CT molecular complexity index is 475. The summed E-state index contributed by atoms with van der Waals surface area (Å²) in [6, 6.07) is 3.71. The van der Waals surface area contributed by atoms with Gasteiger partial charge in [0, 0.05) is 18.2 Å². The van der Waals surface area contributed by atoms with Crippen LogP contribution in [0.1, 0.15) is 26.3 Å². The highest BCUT2D eigenvalue weighted by Gasteiger charge is 2.17. The van der Waals surface area contributed by atoms with E-state index < -0.39 is 24.8 Å². The van der Waals surface area contributed by atoms with Gasteiger partial charge in [-0.05, 0) is 26.8 Å². The Hall–Kier alpha value is -1.80. The second-order valence-electron chi connectivity index (χ2n) is 5.05. The molecule has 8 heteroatoms. The normalized spacial score (nSPS) is 10.9. The van der Waals surface area contributed by atoms with E-state index in [4.69, 9.17) is 14.8 Å². The van der Waals surface area contributed by atoms with Gasteiger partial charge in [-0.1, -0.05) is 6.07 Å². The average Bonchev–Trinajstić information content (AvgIpc) is 2.24. The fourth-order valence-corrected chi connectivity index (χ4v) is 1.35. The molecule has 1 aromatic rings. The van der Waals surface area contributed by atoms with E-state index in [9.17, 15) is 9.18 Å². The van der Waals surface area contributed by atoms with Crippen molar-refractivity contribution in [3.63, 3.8) is 0 Å². The van der Waals surface area contributed by atoms with Crippen molar-refractivity contribution in [1.29, 1.82) is 0 Å². The highest BCUT2D eigenvalue weighted by atomic mass is 19.1. The summed E-state index contributed by atoms with van der Waals surface area (Å²) >= 11 is 0. The van der Waals surface area contributed by atoms with Crippen LogP contribution in [-0.4, -0.2) is 29.1 Å². The summed E-state index contributed by atoms with van der Waals surface area (Å²) in [4.78, 5) is 11.4. The summed E-state index contributed by atoms with van der Waals surface area (Å²) in [5.41, 5.74) is -0.409. The molecular formula is C12H17BFNO5. The molecule has 1 rings (SSSR count). The Labute approximate surface area is 116 Å². The number of nitrogens with one attached hydrogen (secondary N) is 1. The Kier molecular flexibility index (Phi) is 5.35. The third-order valence-electron chi connectivity index (χ3n) is 2.09. The standard InChI is InChI=1S/C12H17BFNO5/c1-12(2,3)19-11(16)15-7-8-4-5-9(6-10(8)14)20-13(17)18/h4-6,17-18H,7H2,1-3H3,(H,15,16). The molecular weight excluding hydrogens is 268 g/mol. The van der Waals surface area contributed by atoms with Crippen molar-refractivity contribution in [2.24, 2.45) is 0 Å².